The standard InChI is InChI=1S/C10H13N3O2/c1-7(2)4-12-9-6-11-8(5-13-9)10(14)15-3/h5-6H,1,4H2,2-3H3,(H,12,13). The van der Waals surface area contributed by atoms with Gasteiger partial charge in [-0.1, -0.05) is 12.2 Å². The first-order valence-electron chi connectivity index (χ1n) is 4.42. The number of esters is 1. The van der Waals surface area contributed by atoms with Crippen molar-refractivity contribution in [3.8, 4) is 0 Å². The van der Waals surface area contributed by atoms with E-state index in [9.17, 15) is 4.79 Å². The minimum absolute atomic E-state index is 0.193. The Morgan fingerprint density at radius 1 is 1.53 bits per heavy atom. The summed E-state index contributed by atoms with van der Waals surface area (Å²) in [5.74, 6) is 0.111. The first-order chi connectivity index (χ1) is 7.13. The Balaban J connectivity index is 2.64. The van der Waals surface area contributed by atoms with Crippen molar-refractivity contribution in [2.24, 2.45) is 0 Å². The monoisotopic (exact) mass is 207 g/mol. The minimum Gasteiger partial charge on any atom is -0.464 e. The third-order valence-corrected chi connectivity index (χ3v) is 1.62. The number of ether oxygens (including phenoxy) is 1. The van der Waals surface area contributed by atoms with Gasteiger partial charge in [-0.15, -0.1) is 0 Å². The topological polar surface area (TPSA) is 64.1 Å². The second-order valence-corrected chi connectivity index (χ2v) is 3.09. The second-order valence-electron chi connectivity index (χ2n) is 3.09. The van der Waals surface area contributed by atoms with E-state index in [1.54, 1.807) is 0 Å². The molecule has 0 saturated heterocycles. The third-order valence-electron chi connectivity index (χ3n) is 1.62. The van der Waals surface area contributed by atoms with E-state index in [0.29, 0.717) is 12.4 Å². The van der Waals surface area contributed by atoms with Gasteiger partial charge >= 0.3 is 5.97 Å². The molecule has 5 heteroatoms. The Kier molecular flexibility index (Phi) is 3.79. The highest BCUT2D eigenvalue weighted by atomic mass is 16.5. The van der Waals surface area contributed by atoms with Gasteiger partial charge in [0.05, 0.1) is 19.5 Å². The summed E-state index contributed by atoms with van der Waals surface area (Å²) in [7, 11) is 1.30. The Hall–Kier alpha value is -1.91. The van der Waals surface area contributed by atoms with Crippen LogP contribution in [0, 0.1) is 0 Å². The molecule has 1 aromatic heterocycles. The number of carbonyl (C=O) groups is 1. The Bertz CT molecular complexity index is 359. The lowest BCUT2D eigenvalue weighted by atomic mass is 10.3. The molecule has 1 N–H and O–H groups in total. The normalized spacial score (nSPS) is 9.47. The van der Waals surface area contributed by atoms with Gasteiger partial charge in [-0.2, -0.15) is 0 Å². The number of hydrogen-bond donors (Lipinski definition) is 1. The molecule has 15 heavy (non-hydrogen) atoms. The molecule has 0 bridgehead atoms. The molecule has 0 aliphatic heterocycles. The van der Waals surface area contributed by atoms with Crippen molar-refractivity contribution in [1.82, 2.24) is 9.97 Å². The quantitative estimate of drug-likeness (QED) is 0.594. The maximum atomic E-state index is 11.0. The molecule has 1 heterocycles. The van der Waals surface area contributed by atoms with Gasteiger partial charge < -0.3 is 10.1 Å². The van der Waals surface area contributed by atoms with Crippen molar-refractivity contribution < 1.29 is 9.53 Å². The minimum atomic E-state index is -0.492. The van der Waals surface area contributed by atoms with Gasteiger partial charge in [0.15, 0.2) is 5.69 Å². The highest BCUT2D eigenvalue weighted by Crippen LogP contribution is 2.02. The number of nitrogens with zero attached hydrogens (tertiary/aromatic N) is 2. The van der Waals surface area contributed by atoms with Gasteiger partial charge in [0.1, 0.15) is 5.82 Å². The van der Waals surface area contributed by atoms with E-state index in [4.69, 9.17) is 0 Å². The van der Waals surface area contributed by atoms with Crippen LogP contribution in [-0.4, -0.2) is 29.6 Å². The third kappa shape index (κ3) is 3.38. The maximum absolute atomic E-state index is 11.0. The molecule has 0 spiro atoms. The maximum Gasteiger partial charge on any atom is 0.358 e. The van der Waals surface area contributed by atoms with E-state index in [1.165, 1.54) is 19.5 Å². The summed E-state index contributed by atoms with van der Waals surface area (Å²) in [6, 6.07) is 0. The second kappa shape index (κ2) is 5.09. The van der Waals surface area contributed by atoms with Crippen LogP contribution >= 0.6 is 0 Å². The molecule has 0 aliphatic rings. The molecule has 0 atom stereocenters. The lowest BCUT2D eigenvalue weighted by Crippen LogP contribution is -2.08. The molecule has 0 amide bonds. The van der Waals surface area contributed by atoms with Crippen LogP contribution < -0.4 is 5.32 Å². The van der Waals surface area contributed by atoms with E-state index in [0.717, 1.165) is 5.57 Å². The van der Waals surface area contributed by atoms with Crippen molar-refractivity contribution in [2.45, 2.75) is 6.92 Å². The number of aromatic nitrogens is 2. The number of rotatable bonds is 4. The molecule has 80 valence electrons. The molecule has 5 nitrogen and oxygen atoms in total. The highest BCUT2D eigenvalue weighted by Gasteiger charge is 2.06. The van der Waals surface area contributed by atoms with Crippen molar-refractivity contribution in [2.75, 3.05) is 19.0 Å². The molecule has 0 saturated carbocycles. The molecule has 1 rings (SSSR count). The molecule has 0 aromatic carbocycles. The molecular formula is C10H13N3O2. The van der Waals surface area contributed by atoms with Crippen molar-refractivity contribution in [3.05, 3.63) is 30.2 Å². The Morgan fingerprint density at radius 2 is 2.27 bits per heavy atom. The van der Waals surface area contributed by atoms with E-state index in [2.05, 4.69) is 26.6 Å². The van der Waals surface area contributed by atoms with Crippen LogP contribution in [0.3, 0.4) is 0 Å². The fraction of sp³-hybridized carbons (Fsp3) is 0.300. The van der Waals surface area contributed by atoms with E-state index in [1.807, 2.05) is 6.92 Å². The fourth-order valence-electron chi connectivity index (χ4n) is 0.871. The predicted octanol–water partition coefficient (Wildman–Crippen LogP) is 1.25. The number of nitrogens with one attached hydrogen (secondary N) is 1. The zero-order valence-electron chi connectivity index (χ0n) is 8.78. The fourth-order valence-corrected chi connectivity index (χ4v) is 0.871. The lowest BCUT2D eigenvalue weighted by Gasteiger charge is -2.04. The van der Waals surface area contributed by atoms with Gasteiger partial charge in [-0.3, -0.25) is 0 Å². The largest absolute Gasteiger partial charge is 0.464 e. The smallest absolute Gasteiger partial charge is 0.358 e. The van der Waals surface area contributed by atoms with E-state index in [-0.39, 0.29) is 5.69 Å². The number of carbonyl (C=O) groups excluding carboxylic acids is 1. The van der Waals surface area contributed by atoms with E-state index >= 15 is 0 Å². The summed E-state index contributed by atoms with van der Waals surface area (Å²) in [5.41, 5.74) is 1.19. The molecule has 0 fully saturated rings. The van der Waals surface area contributed by atoms with Crippen LogP contribution in [0.1, 0.15) is 17.4 Å². The van der Waals surface area contributed by atoms with Crippen LogP contribution in [0.5, 0.6) is 0 Å². The van der Waals surface area contributed by atoms with Gasteiger partial charge in [0.25, 0.3) is 0 Å². The molecule has 0 unspecified atom stereocenters. The molecule has 1 aromatic rings. The highest BCUT2D eigenvalue weighted by molar-refractivity contribution is 5.86. The number of hydrogen-bond acceptors (Lipinski definition) is 5. The number of anilines is 1. The molecular weight excluding hydrogens is 194 g/mol. The first-order valence-corrected chi connectivity index (χ1v) is 4.42. The molecule has 0 aliphatic carbocycles. The van der Waals surface area contributed by atoms with Gasteiger partial charge in [0, 0.05) is 6.54 Å². The van der Waals surface area contributed by atoms with Crippen molar-refractivity contribution in [3.63, 3.8) is 0 Å². The summed E-state index contributed by atoms with van der Waals surface area (Å²) in [6.45, 7) is 6.28. The van der Waals surface area contributed by atoms with Gasteiger partial charge in [-0.05, 0) is 6.92 Å². The van der Waals surface area contributed by atoms with E-state index < -0.39 is 5.97 Å². The molecule has 0 radical (unpaired) electrons. The average Bonchev–Trinajstić information content (AvgIpc) is 2.26. The first kappa shape index (κ1) is 11.2. The SMILES string of the molecule is C=C(C)CNc1cnc(C(=O)OC)cn1. The van der Waals surface area contributed by atoms with Crippen LogP contribution in [0.4, 0.5) is 5.82 Å². The predicted molar refractivity (Wildman–Crippen MR) is 56.7 cm³/mol. The van der Waals surface area contributed by atoms with Crippen LogP contribution in [0.2, 0.25) is 0 Å². The summed E-state index contributed by atoms with van der Waals surface area (Å²) in [5, 5.41) is 3.00. The van der Waals surface area contributed by atoms with Crippen LogP contribution in [-0.2, 0) is 4.74 Å². The number of methoxy groups -OCH3 is 1. The summed E-state index contributed by atoms with van der Waals surface area (Å²) in [4.78, 5) is 18.9. The lowest BCUT2D eigenvalue weighted by molar-refractivity contribution is 0.0593. The van der Waals surface area contributed by atoms with Crippen molar-refractivity contribution in [1.29, 1.82) is 0 Å². The summed E-state index contributed by atoms with van der Waals surface area (Å²) < 4.78 is 4.50. The zero-order valence-corrected chi connectivity index (χ0v) is 8.78. The Labute approximate surface area is 88.2 Å². The van der Waals surface area contributed by atoms with Crippen molar-refractivity contribution >= 4 is 11.8 Å². The van der Waals surface area contributed by atoms with Gasteiger partial charge in [0.2, 0.25) is 0 Å². The van der Waals surface area contributed by atoms with Gasteiger partial charge in [-0.25, -0.2) is 14.8 Å². The Morgan fingerprint density at radius 3 is 2.73 bits per heavy atom. The van der Waals surface area contributed by atoms with Crippen LogP contribution in [0.15, 0.2) is 24.5 Å². The van der Waals surface area contributed by atoms with Crippen LogP contribution in [0.25, 0.3) is 0 Å². The summed E-state index contributed by atoms with van der Waals surface area (Å²) >= 11 is 0. The average molecular weight is 207 g/mol. The summed E-state index contributed by atoms with van der Waals surface area (Å²) in [6.07, 6.45) is 2.85. The zero-order chi connectivity index (χ0) is 11.3.